The summed E-state index contributed by atoms with van der Waals surface area (Å²) in [6, 6.07) is 10.1. The number of piperazine rings is 1. The van der Waals surface area contributed by atoms with E-state index >= 15 is 0 Å². The summed E-state index contributed by atoms with van der Waals surface area (Å²) in [6.07, 6.45) is -1.55. The Morgan fingerprint density at radius 2 is 1.62 bits per heavy atom. The van der Waals surface area contributed by atoms with Gasteiger partial charge >= 0.3 is 6.18 Å². The second-order valence-corrected chi connectivity index (χ2v) is 8.07. The zero-order valence-electron chi connectivity index (χ0n) is 19.3. The molecule has 1 saturated heterocycles. The molecule has 1 fully saturated rings. The van der Waals surface area contributed by atoms with Crippen LogP contribution in [0.3, 0.4) is 0 Å². The zero-order chi connectivity index (χ0) is 24.9. The fraction of sp³-hybridized carbons (Fsp3) is 0.360. The van der Waals surface area contributed by atoms with Crippen molar-refractivity contribution < 1.29 is 32.2 Å². The number of halogens is 3. The number of amides is 2. The predicted molar refractivity (Wildman–Crippen MR) is 122 cm³/mol. The van der Waals surface area contributed by atoms with Crippen LogP contribution in [0, 0.1) is 0 Å². The standard InChI is InChI=1S/C25H27F3N2O4/c1-17(2)34-21-10-8-18(16-22(21)33-3)9-11-23(31)29-12-14-30(15-13-29)24(32)19-6-4-5-7-20(19)25(26,27)28/h4-11,16-17H,12-15H2,1-3H3/b11-9+. The highest BCUT2D eigenvalue weighted by molar-refractivity contribution is 5.96. The average molecular weight is 476 g/mol. The zero-order valence-corrected chi connectivity index (χ0v) is 19.3. The first-order valence-corrected chi connectivity index (χ1v) is 10.9. The highest BCUT2D eigenvalue weighted by Gasteiger charge is 2.36. The van der Waals surface area contributed by atoms with Crippen LogP contribution in [0.4, 0.5) is 13.2 Å². The van der Waals surface area contributed by atoms with Crippen molar-refractivity contribution >= 4 is 17.9 Å². The van der Waals surface area contributed by atoms with Gasteiger partial charge in [0.1, 0.15) is 0 Å². The van der Waals surface area contributed by atoms with Crippen LogP contribution in [0.2, 0.25) is 0 Å². The van der Waals surface area contributed by atoms with Crippen molar-refractivity contribution in [1.82, 2.24) is 9.80 Å². The quantitative estimate of drug-likeness (QED) is 0.576. The second kappa shape index (κ2) is 10.6. The summed E-state index contributed by atoms with van der Waals surface area (Å²) in [5.41, 5.74) is -0.589. The van der Waals surface area contributed by atoms with E-state index in [2.05, 4.69) is 0 Å². The number of carbonyl (C=O) groups excluding carboxylic acids is 2. The molecule has 0 unspecified atom stereocenters. The Morgan fingerprint density at radius 3 is 2.24 bits per heavy atom. The third-order valence-electron chi connectivity index (χ3n) is 5.31. The van der Waals surface area contributed by atoms with E-state index in [9.17, 15) is 22.8 Å². The van der Waals surface area contributed by atoms with Crippen molar-refractivity contribution in [2.24, 2.45) is 0 Å². The van der Waals surface area contributed by atoms with Gasteiger partial charge in [0, 0.05) is 32.3 Å². The van der Waals surface area contributed by atoms with Gasteiger partial charge in [0.05, 0.1) is 24.3 Å². The number of rotatable bonds is 6. The highest BCUT2D eigenvalue weighted by atomic mass is 19.4. The Labute approximate surface area is 196 Å². The van der Waals surface area contributed by atoms with Gasteiger partial charge < -0.3 is 19.3 Å². The largest absolute Gasteiger partial charge is 0.493 e. The molecule has 6 nitrogen and oxygen atoms in total. The van der Waals surface area contributed by atoms with E-state index in [0.717, 1.165) is 11.6 Å². The van der Waals surface area contributed by atoms with Crippen LogP contribution >= 0.6 is 0 Å². The molecule has 34 heavy (non-hydrogen) atoms. The third kappa shape index (κ3) is 6.09. The van der Waals surface area contributed by atoms with E-state index in [-0.39, 0.29) is 43.8 Å². The van der Waals surface area contributed by atoms with E-state index in [0.29, 0.717) is 11.5 Å². The van der Waals surface area contributed by atoms with Crippen molar-refractivity contribution in [3.63, 3.8) is 0 Å². The molecule has 0 saturated carbocycles. The van der Waals surface area contributed by atoms with Gasteiger partial charge in [-0.15, -0.1) is 0 Å². The molecule has 2 aromatic carbocycles. The Hall–Kier alpha value is -3.49. The maximum Gasteiger partial charge on any atom is 0.417 e. The molecule has 1 heterocycles. The van der Waals surface area contributed by atoms with Crippen molar-refractivity contribution in [3.05, 3.63) is 65.2 Å². The van der Waals surface area contributed by atoms with E-state index in [1.165, 1.54) is 36.3 Å². The van der Waals surface area contributed by atoms with E-state index in [1.807, 2.05) is 13.8 Å². The Bertz CT molecular complexity index is 1060. The van der Waals surface area contributed by atoms with Crippen LogP contribution in [0.25, 0.3) is 6.08 Å². The van der Waals surface area contributed by atoms with Crippen LogP contribution < -0.4 is 9.47 Å². The first-order chi connectivity index (χ1) is 16.1. The molecule has 0 atom stereocenters. The Kier molecular flexibility index (Phi) is 7.86. The molecule has 1 aliphatic rings. The normalized spacial score (nSPS) is 14.6. The molecule has 3 rings (SSSR count). The van der Waals surface area contributed by atoms with E-state index in [4.69, 9.17) is 9.47 Å². The molecule has 2 amide bonds. The van der Waals surface area contributed by atoms with E-state index in [1.54, 1.807) is 29.2 Å². The van der Waals surface area contributed by atoms with Gasteiger partial charge in [0.2, 0.25) is 5.91 Å². The van der Waals surface area contributed by atoms with Gasteiger partial charge in [-0.1, -0.05) is 18.2 Å². The summed E-state index contributed by atoms with van der Waals surface area (Å²) in [4.78, 5) is 28.2. The number of benzene rings is 2. The summed E-state index contributed by atoms with van der Waals surface area (Å²) < 4.78 is 50.8. The van der Waals surface area contributed by atoms with Gasteiger partial charge in [-0.3, -0.25) is 9.59 Å². The minimum Gasteiger partial charge on any atom is -0.493 e. The molecule has 0 aromatic heterocycles. The number of methoxy groups -OCH3 is 1. The molecule has 2 aromatic rings. The lowest BCUT2D eigenvalue weighted by Crippen LogP contribution is -2.50. The average Bonchev–Trinajstić information content (AvgIpc) is 2.82. The van der Waals surface area contributed by atoms with Crippen LogP contribution in [0.5, 0.6) is 11.5 Å². The lowest BCUT2D eigenvalue weighted by molar-refractivity contribution is -0.138. The van der Waals surface area contributed by atoms with Gasteiger partial charge in [-0.2, -0.15) is 13.2 Å². The molecule has 0 radical (unpaired) electrons. The SMILES string of the molecule is COc1cc(/C=C/C(=O)N2CCN(C(=O)c3ccccc3C(F)(F)F)CC2)ccc1OC(C)C. The van der Waals surface area contributed by atoms with Crippen LogP contribution in [-0.4, -0.2) is 61.0 Å². The molecule has 0 N–H and O–H groups in total. The molecule has 1 aliphatic heterocycles. The molecule has 0 aliphatic carbocycles. The highest BCUT2D eigenvalue weighted by Crippen LogP contribution is 2.32. The molecular weight excluding hydrogens is 449 g/mol. The first-order valence-electron chi connectivity index (χ1n) is 10.9. The summed E-state index contributed by atoms with van der Waals surface area (Å²) in [5, 5.41) is 0. The van der Waals surface area contributed by atoms with Crippen molar-refractivity contribution in [2.75, 3.05) is 33.3 Å². The number of ether oxygens (including phenoxy) is 2. The molecular formula is C25H27F3N2O4. The maximum atomic E-state index is 13.2. The molecule has 9 heteroatoms. The van der Waals surface area contributed by atoms with E-state index < -0.39 is 17.6 Å². The van der Waals surface area contributed by atoms with Crippen molar-refractivity contribution in [3.8, 4) is 11.5 Å². The lowest BCUT2D eigenvalue weighted by Gasteiger charge is -2.34. The molecule has 0 spiro atoms. The van der Waals surface area contributed by atoms with Crippen molar-refractivity contribution in [2.45, 2.75) is 26.1 Å². The third-order valence-corrected chi connectivity index (χ3v) is 5.31. The van der Waals surface area contributed by atoms with Crippen molar-refractivity contribution in [1.29, 1.82) is 0 Å². The molecule has 0 bridgehead atoms. The summed E-state index contributed by atoms with van der Waals surface area (Å²) in [6.45, 7) is 4.59. The maximum absolute atomic E-state index is 13.2. The van der Waals surface area contributed by atoms with Gasteiger partial charge in [0.15, 0.2) is 11.5 Å². The Morgan fingerprint density at radius 1 is 0.971 bits per heavy atom. The summed E-state index contributed by atoms with van der Waals surface area (Å²) in [7, 11) is 1.54. The van der Waals surface area contributed by atoms with Crippen LogP contribution in [0.15, 0.2) is 48.5 Å². The first kappa shape index (κ1) is 25.1. The van der Waals surface area contributed by atoms with Gasteiger partial charge in [-0.25, -0.2) is 0 Å². The topological polar surface area (TPSA) is 59.1 Å². The fourth-order valence-electron chi connectivity index (χ4n) is 3.63. The Balaban J connectivity index is 1.61. The number of nitrogens with zero attached hydrogens (tertiary/aromatic N) is 2. The van der Waals surface area contributed by atoms with Gasteiger partial charge in [0.25, 0.3) is 5.91 Å². The lowest BCUT2D eigenvalue weighted by atomic mass is 10.1. The minimum atomic E-state index is -4.61. The number of alkyl halides is 3. The smallest absolute Gasteiger partial charge is 0.417 e. The number of hydrogen-bond acceptors (Lipinski definition) is 4. The fourth-order valence-corrected chi connectivity index (χ4v) is 3.63. The number of hydrogen-bond donors (Lipinski definition) is 0. The monoisotopic (exact) mass is 476 g/mol. The summed E-state index contributed by atoms with van der Waals surface area (Å²) >= 11 is 0. The summed E-state index contributed by atoms with van der Waals surface area (Å²) in [5.74, 6) is 0.221. The predicted octanol–water partition coefficient (Wildman–Crippen LogP) is 4.50. The molecule has 182 valence electrons. The minimum absolute atomic E-state index is 0.00985. The second-order valence-electron chi connectivity index (χ2n) is 8.07. The number of carbonyl (C=O) groups is 2. The van der Waals surface area contributed by atoms with Crippen LogP contribution in [0.1, 0.15) is 35.3 Å². The van der Waals surface area contributed by atoms with Gasteiger partial charge in [-0.05, 0) is 49.8 Å². The van der Waals surface area contributed by atoms with Crippen LogP contribution in [-0.2, 0) is 11.0 Å².